The summed E-state index contributed by atoms with van der Waals surface area (Å²) >= 11 is 0. The van der Waals surface area contributed by atoms with Gasteiger partial charge in [0.1, 0.15) is 18.1 Å². The molecule has 82 heavy (non-hydrogen) atoms. The Hall–Kier alpha value is -7.04. The van der Waals surface area contributed by atoms with Gasteiger partial charge in [-0.25, -0.2) is 0 Å². The summed E-state index contributed by atoms with van der Waals surface area (Å²) in [4.78, 5) is 26.7. The number of guanidine groups is 1. The predicted octanol–water partition coefficient (Wildman–Crippen LogP) is 7.45. The van der Waals surface area contributed by atoms with E-state index in [0.29, 0.717) is 103 Å². The Morgan fingerprint density at radius 3 is 2.04 bits per heavy atom. The van der Waals surface area contributed by atoms with Crippen LogP contribution in [0.3, 0.4) is 0 Å². The van der Waals surface area contributed by atoms with E-state index in [1.165, 1.54) is 48.5 Å². The highest BCUT2D eigenvalue weighted by molar-refractivity contribution is 7.86. The lowest BCUT2D eigenvalue weighted by Crippen LogP contribution is -2.32. The number of fused-ring (bicyclic) bond motifs is 2. The van der Waals surface area contributed by atoms with Crippen LogP contribution in [-0.2, 0) is 67.4 Å². The Bertz CT molecular complexity index is 3800. The number of allylic oxidation sites excluding steroid dienone is 7. The van der Waals surface area contributed by atoms with E-state index < -0.39 is 63.0 Å². The van der Waals surface area contributed by atoms with Crippen molar-refractivity contribution in [2.45, 2.75) is 118 Å². The first kappa shape index (κ1) is 62.6. The largest absolute Gasteiger partial charge is 0.457 e. The molecule has 440 valence electrons. The average molecular weight is 1210 g/mol. The van der Waals surface area contributed by atoms with Gasteiger partial charge >= 0.3 is 0 Å². The highest BCUT2D eigenvalue weighted by Crippen LogP contribution is 2.49. The van der Waals surface area contributed by atoms with Crippen LogP contribution in [0.4, 0.5) is 17.1 Å². The quantitative estimate of drug-likeness (QED) is 0.0108. The summed E-state index contributed by atoms with van der Waals surface area (Å²) in [5.74, 6) is -0.738. The summed E-state index contributed by atoms with van der Waals surface area (Å²) in [5.41, 5.74) is 10.4. The Kier molecular flexibility index (Phi) is 19.2. The Labute approximate surface area is 478 Å². The van der Waals surface area contributed by atoms with Crippen LogP contribution in [-0.4, -0.2) is 105 Å². The number of amides is 2. The van der Waals surface area contributed by atoms with Crippen molar-refractivity contribution in [2.75, 3.05) is 35.6 Å². The van der Waals surface area contributed by atoms with Gasteiger partial charge in [0.15, 0.2) is 11.7 Å². The lowest BCUT2D eigenvalue weighted by Gasteiger charge is -2.27. The van der Waals surface area contributed by atoms with Crippen molar-refractivity contribution in [1.82, 2.24) is 10.6 Å². The normalized spacial score (nSPS) is 17.1. The Morgan fingerprint density at radius 2 is 1.38 bits per heavy atom. The first-order chi connectivity index (χ1) is 38.3. The van der Waals surface area contributed by atoms with Crippen molar-refractivity contribution in [3.05, 3.63) is 149 Å². The van der Waals surface area contributed by atoms with E-state index in [-0.39, 0.29) is 58.2 Å². The minimum Gasteiger partial charge on any atom is -0.457 e. The van der Waals surface area contributed by atoms with Gasteiger partial charge in [0.05, 0.1) is 32.4 Å². The summed E-state index contributed by atoms with van der Waals surface area (Å²) < 4.78 is 145. The summed E-state index contributed by atoms with van der Waals surface area (Å²) in [6.07, 6.45) is 11.4. The molecular weight excluding hydrogens is 1140 g/mol. The van der Waals surface area contributed by atoms with Gasteiger partial charge in [0, 0.05) is 66.1 Å². The number of hydrogen-bond donors (Lipinski definition) is 9. The zero-order valence-electron chi connectivity index (χ0n) is 45.7. The van der Waals surface area contributed by atoms with Crippen LogP contribution >= 0.6 is 0 Å². The number of nitrogens with two attached hydrogens (primary N) is 1. The molecular formula is C56H68N7O15S4+. The first-order valence-corrected chi connectivity index (χ1v) is 32.2. The van der Waals surface area contributed by atoms with E-state index in [2.05, 4.69) is 20.9 Å². The first-order valence-electron chi connectivity index (χ1n) is 26.3. The van der Waals surface area contributed by atoms with Gasteiger partial charge in [0.2, 0.25) is 17.5 Å². The molecule has 4 aromatic carbocycles. The van der Waals surface area contributed by atoms with Crippen LogP contribution in [0.5, 0.6) is 5.75 Å². The van der Waals surface area contributed by atoms with E-state index in [9.17, 15) is 61.5 Å². The molecule has 0 saturated heterocycles. The van der Waals surface area contributed by atoms with Crippen LogP contribution in [0, 0.1) is 5.41 Å². The molecule has 0 fully saturated rings. The number of unbranched alkanes of at least 4 members (excludes halogenated alkanes) is 3. The van der Waals surface area contributed by atoms with Crippen molar-refractivity contribution < 1.29 is 70.8 Å². The standard InChI is InChI=1S/C56H67N7O15S4/c1-55(2)45-33-43(81(72,73)74)23-25-47(45)62(29-7-5-6-16-51(64)59-36-52(65)61-40-15-10-12-37(32-40)35-60-54(57)58)49(55)27-17-38-13-11-14-39(53(38)78-41-19-21-42(22-20-41)80(69,70)71)18-28-50-56(3,4)46-34-44(82(75,76)77)24-26-48(46)63(50)30-8-9-31-79(66,67)68/h10,12,15,17-28,32-34H,5-9,11,13-14,16,29-31,35-36H2,1-4H3,(H9-,57,58,59,60,61,64,65,66,67,68,69,70,71,72,73,74,75,76,77)/p+1. The second-order valence-electron chi connectivity index (χ2n) is 21.2. The SMILES string of the molecule is CC1(C)C(/C=C/C2=C(Oc3ccc(S(=O)(=O)O)cc3)C(=C/C=C3/N(CCCCCC(=O)NCC(=O)Nc4cccc(CNC(=N)N)c4)c4ccc(S(=O)(=O)O)cc4C3(C)C)/CCC2)=[N+](CCCCS(=O)(=O)O)c2ccc(S(=O)(=O)O)cc21. The number of nitrogens with one attached hydrogen (secondary N) is 4. The van der Waals surface area contributed by atoms with E-state index in [4.69, 9.17) is 15.9 Å². The predicted molar refractivity (Wildman–Crippen MR) is 310 cm³/mol. The van der Waals surface area contributed by atoms with Gasteiger partial charge in [-0.3, -0.25) is 33.2 Å². The summed E-state index contributed by atoms with van der Waals surface area (Å²) in [5, 5.41) is 15.5. The molecule has 4 aromatic rings. The number of ether oxygens (including phenoxy) is 1. The van der Waals surface area contributed by atoms with Crippen molar-refractivity contribution in [2.24, 2.45) is 5.73 Å². The summed E-state index contributed by atoms with van der Waals surface area (Å²) in [7, 11) is -18.0. The summed E-state index contributed by atoms with van der Waals surface area (Å²) in [6, 6.07) is 20.9. The molecule has 0 atom stereocenters. The van der Waals surface area contributed by atoms with E-state index in [0.717, 1.165) is 16.8 Å². The Morgan fingerprint density at radius 1 is 0.720 bits per heavy atom. The molecule has 2 aliphatic heterocycles. The van der Waals surface area contributed by atoms with Crippen LogP contribution in [0.2, 0.25) is 0 Å². The van der Waals surface area contributed by atoms with Crippen molar-refractivity contribution >= 4 is 81.0 Å². The van der Waals surface area contributed by atoms with Crippen LogP contribution in [0.15, 0.2) is 147 Å². The fraction of sp³-hybridized carbons (Fsp3) is 0.357. The highest BCUT2D eigenvalue weighted by Gasteiger charge is 2.45. The van der Waals surface area contributed by atoms with E-state index >= 15 is 0 Å². The number of carbonyl (C=O) groups excluding carboxylic acids is 2. The van der Waals surface area contributed by atoms with Crippen molar-refractivity contribution in [1.29, 1.82) is 5.41 Å². The molecule has 2 amide bonds. The van der Waals surface area contributed by atoms with E-state index in [1.54, 1.807) is 30.3 Å². The third kappa shape index (κ3) is 15.7. The third-order valence-corrected chi connectivity index (χ3v) is 17.9. The lowest BCUT2D eigenvalue weighted by atomic mass is 9.81. The number of carbonyl (C=O) groups is 2. The monoisotopic (exact) mass is 1210 g/mol. The van der Waals surface area contributed by atoms with Crippen molar-refractivity contribution in [3.8, 4) is 5.75 Å². The van der Waals surface area contributed by atoms with Gasteiger partial charge in [-0.2, -0.15) is 38.2 Å². The molecule has 2 heterocycles. The molecule has 7 rings (SSSR count). The maximum atomic E-state index is 12.9. The molecule has 0 aromatic heterocycles. The molecule has 22 nitrogen and oxygen atoms in total. The molecule has 0 bridgehead atoms. The molecule has 26 heteroatoms. The number of anilines is 2. The maximum Gasteiger partial charge on any atom is 0.294 e. The van der Waals surface area contributed by atoms with Gasteiger partial charge in [0.25, 0.3) is 40.5 Å². The highest BCUT2D eigenvalue weighted by atomic mass is 32.2. The van der Waals surface area contributed by atoms with Crippen LogP contribution < -0.4 is 31.3 Å². The topological polar surface area (TPSA) is 353 Å². The second-order valence-corrected chi connectivity index (χ2v) is 27.0. The Balaban J connectivity index is 1.18. The minimum absolute atomic E-state index is 0.124. The van der Waals surface area contributed by atoms with Gasteiger partial charge < -0.3 is 31.3 Å². The van der Waals surface area contributed by atoms with Crippen molar-refractivity contribution in [3.63, 3.8) is 0 Å². The number of nitrogens with zero attached hydrogens (tertiary/aromatic N) is 2. The molecule has 3 aliphatic rings. The molecule has 0 saturated carbocycles. The fourth-order valence-corrected chi connectivity index (χ4v) is 12.4. The van der Waals surface area contributed by atoms with Gasteiger partial charge in [-0.05, 0) is 154 Å². The number of rotatable bonds is 24. The maximum absolute atomic E-state index is 12.9. The van der Waals surface area contributed by atoms with E-state index in [1.807, 2.05) is 62.6 Å². The van der Waals surface area contributed by atoms with Crippen LogP contribution in [0.1, 0.15) is 102 Å². The van der Waals surface area contributed by atoms with Crippen LogP contribution in [0.25, 0.3) is 0 Å². The fourth-order valence-electron chi connectivity index (χ4n) is 10.3. The number of benzene rings is 4. The van der Waals surface area contributed by atoms with Gasteiger partial charge in [-0.15, -0.1) is 0 Å². The third-order valence-electron chi connectivity index (χ3n) is 14.5. The molecule has 0 spiro atoms. The second kappa shape index (κ2) is 25.2. The molecule has 0 radical (unpaired) electrons. The zero-order valence-corrected chi connectivity index (χ0v) is 48.9. The smallest absolute Gasteiger partial charge is 0.294 e. The van der Waals surface area contributed by atoms with Gasteiger partial charge in [-0.1, -0.05) is 38.5 Å². The lowest BCUT2D eigenvalue weighted by molar-refractivity contribution is -0.438. The molecule has 1 aliphatic carbocycles. The molecule has 0 unspecified atom stereocenters. The summed E-state index contributed by atoms with van der Waals surface area (Å²) in [6.45, 7) is 8.37. The molecule has 10 N–H and O–H groups in total. The number of hydrogen-bond acceptors (Lipinski definition) is 13. The minimum atomic E-state index is -4.59. The zero-order chi connectivity index (χ0) is 60.0. The average Bonchev–Trinajstić information content (AvgIpc) is 2.04.